The van der Waals surface area contributed by atoms with Crippen molar-refractivity contribution in [2.75, 3.05) is 28.3 Å². The Kier molecular flexibility index (Phi) is 7.62. The number of hydrogen-bond acceptors (Lipinski definition) is 5. The third kappa shape index (κ3) is 5.38. The second-order valence-electron chi connectivity index (χ2n) is 6.45. The zero-order valence-corrected chi connectivity index (χ0v) is 18.3. The van der Waals surface area contributed by atoms with Crippen LogP contribution in [0.5, 0.6) is 11.5 Å². The molecule has 0 N–H and O–H groups in total. The number of methoxy groups -OCH3 is 1. The van der Waals surface area contributed by atoms with E-state index in [1.807, 2.05) is 0 Å². The normalized spacial score (nSPS) is 11.6. The zero-order chi connectivity index (χ0) is 22.6. The van der Waals surface area contributed by atoms with Crippen molar-refractivity contribution in [1.29, 1.82) is 0 Å². The minimum Gasteiger partial charge on any atom is -0.493 e. The summed E-state index contributed by atoms with van der Waals surface area (Å²) < 4.78 is 60.0. The summed E-state index contributed by atoms with van der Waals surface area (Å²) in [5.74, 6) is -0.552. The average Bonchev–Trinajstić information content (AvgIpc) is 2.68. The van der Waals surface area contributed by atoms with Gasteiger partial charge in [-0.25, -0.2) is 12.7 Å². The van der Waals surface area contributed by atoms with Crippen LogP contribution in [0.4, 0.5) is 8.78 Å². The summed E-state index contributed by atoms with van der Waals surface area (Å²) in [6, 6.07) is 8.18. The van der Waals surface area contributed by atoms with E-state index in [4.69, 9.17) is 16.3 Å². The van der Waals surface area contributed by atoms with Gasteiger partial charge in [-0.05, 0) is 35.9 Å². The van der Waals surface area contributed by atoms with Crippen LogP contribution in [0.15, 0.2) is 41.3 Å². The van der Waals surface area contributed by atoms with Crippen LogP contribution in [0.1, 0.15) is 15.9 Å². The fraction of sp³-hybridized carbons (Fsp3) is 0.316. The Morgan fingerprint density at radius 2 is 1.77 bits per heavy atom. The summed E-state index contributed by atoms with van der Waals surface area (Å²) in [4.78, 5) is 14.1. The van der Waals surface area contributed by atoms with Crippen molar-refractivity contribution < 1.29 is 31.5 Å². The Balaban J connectivity index is 2.28. The fourth-order valence-corrected chi connectivity index (χ4v) is 3.72. The lowest BCUT2D eigenvalue weighted by Gasteiger charge is -2.20. The molecule has 0 aliphatic carbocycles. The van der Waals surface area contributed by atoms with Crippen molar-refractivity contribution >= 4 is 27.5 Å². The van der Waals surface area contributed by atoms with Crippen LogP contribution >= 0.6 is 11.6 Å². The molecule has 7 nitrogen and oxygen atoms in total. The predicted octanol–water partition coefficient (Wildman–Crippen LogP) is 3.47. The number of nitrogens with zero attached hydrogens (tertiary/aromatic N) is 2. The molecule has 0 saturated carbocycles. The van der Waals surface area contributed by atoms with Gasteiger partial charge < -0.3 is 14.4 Å². The summed E-state index contributed by atoms with van der Waals surface area (Å²) in [7, 11) is 1.83. The summed E-state index contributed by atoms with van der Waals surface area (Å²) in [5, 5.41) is 0.0998. The van der Waals surface area contributed by atoms with Gasteiger partial charge in [-0.3, -0.25) is 4.79 Å². The van der Waals surface area contributed by atoms with E-state index in [0.29, 0.717) is 5.56 Å². The molecule has 0 spiro atoms. The molecule has 0 heterocycles. The number of benzene rings is 2. The number of hydrogen-bond donors (Lipinski definition) is 0. The second kappa shape index (κ2) is 9.59. The number of amides is 1. The molecule has 2 rings (SSSR count). The molecule has 0 atom stereocenters. The molecule has 2 aromatic rings. The highest BCUT2D eigenvalue weighted by Gasteiger charge is 2.22. The highest BCUT2D eigenvalue weighted by Crippen LogP contribution is 2.30. The predicted molar refractivity (Wildman–Crippen MR) is 108 cm³/mol. The van der Waals surface area contributed by atoms with Gasteiger partial charge in [0.05, 0.1) is 22.6 Å². The van der Waals surface area contributed by atoms with Gasteiger partial charge in [0, 0.05) is 27.7 Å². The number of alkyl halides is 2. The Morgan fingerprint density at radius 3 is 2.33 bits per heavy atom. The van der Waals surface area contributed by atoms with Crippen molar-refractivity contribution in [3.8, 4) is 11.5 Å². The van der Waals surface area contributed by atoms with Crippen molar-refractivity contribution in [3.63, 3.8) is 0 Å². The maximum atomic E-state index is 12.9. The van der Waals surface area contributed by atoms with E-state index >= 15 is 0 Å². The van der Waals surface area contributed by atoms with Crippen LogP contribution in [-0.4, -0.2) is 58.4 Å². The van der Waals surface area contributed by atoms with Crippen LogP contribution in [0.3, 0.4) is 0 Å². The molecule has 0 fully saturated rings. The molecular weight excluding hydrogens is 442 g/mol. The molecule has 0 bridgehead atoms. The van der Waals surface area contributed by atoms with Crippen LogP contribution < -0.4 is 9.47 Å². The molecule has 0 aliphatic rings. The second-order valence-corrected chi connectivity index (χ2v) is 9.01. The largest absolute Gasteiger partial charge is 0.493 e. The van der Waals surface area contributed by atoms with Gasteiger partial charge in [0.25, 0.3) is 5.91 Å². The van der Waals surface area contributed by atoms with E-state index in [1.54, 1.807) is 0 Å². The van der Waals surface area contributed by atoms with E-state index < -0.39 is 22.5 Å². The maximum Gasteiger partial charge on any atom is 0.387 e. The number of halogens is 3. The molecule has 0 aromatic heterocycles. The zero-order valence-electron chi connectivity index (χ0n) is 16.7. The fourth-order valence-electron chi connectivity index (χ4n) is 2.59. The lowest BCUT2D eigenvalue weighted by molar-refractivity contribution is -0.0512. The van der Waals surface area contributed by atoms with Gasteiger partial charge in [-0.15, -0.1) is 0 Å². The Bertz CT molecular complexity index is 1030. The van der Waals surface area contributed by atoms with E-state index in [0.717, 1.165) is 4.31 Å². The molecule has 0 aliphatic heterocycles. The van der Waals surface area contributed by atoms with Gasteiger partial charge >= 0.3 is 6.61 Å². The maximum absolute atomic E-state index is 12.9. The molecule has 0 saturated heterocycles. The van der Waals surface area contributed by atoms with Crippen molar-refractivity contribution in [2.45, 2.75) is 18.1 Å². The summed E-state index contributed by atoms with van der Waals surface area (Å²) in [5.41, 5.74) is 0.601. The first kappa shape index (κ1) is 23.8. The monoisotopic (exact) mass is 462 g/mol. The van der Waals surface area contributed by atoms with Crippen molar-refractivity contribution in [2.24, 2.45) is 0 Å². The molecule has 2 aromatic carbocycles. The SMILES string of the molecule is COc1cc(CN(C)C(=O)c2cc(S(=O)(=O)N(C)C)ccc2Cl)ccc1OC(F)F. The molecule has 11 heteroatoms. The quantitative estimate of drug-likeness (QED) is 0.600. The molecule has 164 valence electrons. The summed E-state index contributed by atoms with van der Waals surface area (Å²) in [6.07, 6.45) is 0. The Hall–Kier alpha value is -2.43. The van der Waals surface area contributed by atoms with Crippen molar-refractivity contribution in [1.82, 2.24) is 9.21 Å². The Morgan fingerprint density at radius 1 is 1.10 bits per heavy atom. The van der Waals surface area contributed by atoms with E-state index in [9.17, 15) is 22.0 Å². The number of carbonyl (C=O) groups excluding carboxylic acids is 1. The van der Waals surface area contributed by atoms with Gasteiger partial charge in [-0.1, -0.05) is 17.7 Å². The first-order chi connectivity index (χ1) is 14.0. The van der Waals surface area contributed by atoms with Crippen LogP contribution in [0, 0.1) is 0 Å². The van der Waals surface area contributed by atoms with E-state index in [2.05, 4.69) is 4.74 Å². The van der Waals surface area contributed by atoms with Crippen molar-refractivity contribution in [3.05, 3.63) is 52.5 Å². The first-order valence-electron chi connectivity index (χ1n) is 8.56. The molecule has 0 radical (unpaired) electrons. The molecular formula is C19H21ClF2N2O5S. The average molecular weight is 463 g/mol. The summed E-state index contributed by atoms with van der Waals surface area (Å²) in [6.45, 7) is -2.91. The first-order valence-corrected chi connectivity index (χ1v) is 10.4. The third-order valence-corrected chi connectivity index (χ3v) is 6.30. The lowest BCUT2D eigenvalue weighted by atomic mass is 10.1. The summed E-state index contributed by atoms with van der Waals surface area (Å²) >= 11 is 6.12. The Labute approximate surface area is 178 Å². The smallest absolute Gasteiger partial charge is 0.387 e. The van der Waals surface area contributed by atoms with Crippen LogP contribution in [-0.2, 0) is 16.6 Å². The number of carbonyl (C=O) groups is 1. The molecule has 30 heavy (non-hydrogen) atoms. The number of sulfonamides is 1. The van der Waals surface area contributed by atoms with Gasteiger partial charge in [0.15, 0.2) is 11.5 Å². The molecule has 0 unspecified atom stereocenters. The highest BCUT2D eigenvalue weighted by molar-refractivity contribution is 7.89. The van der Waals surface area contributed by atoms with Gasteiger partial charge in [0.1, 0.15) is 0 Å². The topological polar surface area (TPSA) is 76.2 Å². The minimum atomic E-state index is -3.75. The third-order valence-electron chi connectivity index (χ3n) is 4.16. The minimum absolute atomic E-state index is 0.0201. The van der Waals surface area contributed by atoms with E-state index in [1.165, 1.54) is 69.6 Å². The van der Waals surface area contributed by atoms with Crippen LogP contribution in [0.2, 0.25) is 5.02 Å². The van der Waals surface area contributed by atoms with Gasteiger partial charge in [0.2, 0.25) is 10.0 Å². The number of ether oxygens (including phenoxy) is 2. The standard InChI is InChI=1S/C19H21ClF2N2O5S/c1-23(2)30(26,27)13-6-7-15(20)14(10-13)18(25)24(3)11-12-5-8-16(29-19(21)22)17(9-12)28-4/h5-10,19H,11H2,1-4H3. The number of rotatable bonds is 8. The molecule has 1 amide bonds. The highest BCUT2D eigenvalue weighted by atomic mass is 35.5. The van der Waals surface area contributed by atoms with Crippen LogP contribution in [0.25, 0.3) is 0 Å². The van der Waals surface area contributed by atoms with Gasteiger partial charge in [-0.2, -0.15) is 8.78 Å². The van der Waals surface area contributed by atoms with E-state index in [-0.39, 0.29) is 33.5 Å². The lowest BCUT2D eigenvalue weighted by Crippen LogP contribution is -2.27.